The van der Waals surface area contributed by atoms with Crippen molar-refractivity contribution in [3.05, 3.63) is 81.3 Å². The fraction of sp³-hybridized carbons (Fsp3) is 0.308. The number of carbonyl (C=O) groups is 1. The van der Waals surface area contributed by atoms with E-state index in [1.165, 1.54) is 18.8 Å². The molecule has 0 spiro atoms. The minimum Gasteiger partial charge on any atom is -0.497 e. The van der Waals surface area contributed by atoms with Gasteiger partial charge < -0.3 is 19.4 Å². The Kier molecular flexibility index (Phi) is 7.23. The maximum Gasteiger partial charge on any atom is 0.333 e. The van der Waals surface area contributed by atoms with Gasteiger partial charge in [0.15, 0.2) is 11.2 Å². The maximum absolute atomic E-state index is 13.5. The van der Waals surface area contributed by atoms with Gasteiger partial charge in [-0.3, -0.25) is 14.2 Å². The van der Waals surface area contributed by atoms with Crippen molar-refractivity contribution in [1.82, 2.24) is 18.7 Å². The summed E-state index contributed by atoms with van der Waals surface area (Å²) in [5.74, 6) is 0.657. The topological polar surface area (TPSA) is 109 Å². The van der Waals surface area contributed by atoms with E-state index in [-0.39, 0.29) is 18.0 Å². The lowest BCUT2D eigenvalue weighted by molar-refractivity contribution is -0.116. The molecule has 0 aliphatic heterocycles. The first kappa shape index (κ1) is 24.8. The van der Waals surface area contributed by atoms with Crippen LogP contribution < -0.4 is 26.0 Å². The number of hydrogen-bond acceptors (Lipinski definition) is 6. The van der Waals surface area contributed by atoms with Crippen molar-refractivity contribution < 1.29 is 14.3 Å². The van der Waals surface area contributed by atoms with E-state index in [0.29, 0.717) is 29.4 Å². The van der Waals surface area contributed by atoms with Gasteiger partial charge in [-0.15, -0.1) is 0 Å². The molecule has 2 aromatic heterocycles. The van der Waals surface area contributed by atoms with E-state index in [1.54, 1.807) is 29.1 Å². The molecule has 0 unspecified atom stereocenters. The smallest absolute Gasteiger partial charge is 0.333 e. The third kappa shape index (κ3) is 5.02. The van der Waals surface area contributed by atoms with Gasteiger partial charge in [0.05, 0.1) is 32.8 Å². The molecule has 36 heavy (non-hydrogen) atoms. The normalized spacial score (nSPS) is 11.1. The number of hydrogen-bond donors (Lipinski definition) is 1. The van der Waals surface area contributed by atoms with Crippen LogP contribution in [0, 0.1) is 5.92 Å². The Labute approximate surface area is 207 Å². The van der Waals surface area contributed by atoms with E-state index in [9.17, 15) is 14.4 Å². The number of aromatic nitrogens is 4. The van der Waals surface area contributed by atoms with Crippen LogP contribution in [0.5, 0.6) is 11.5 Å². The summed E-state index contributed by atoms with van der Waals surface area (Å²) in [5, 5.41) is 2.72. The Morgan fingerprint density at radius 2 is 1.78 bits per heavy atom. The quantitative estimate of drug-likeness (QED) is 0.386. The van der Waals surface area contributed by atoms with Gasteiger partial charge in [-0.1, -0.05) is 44.2 Å². The van der Waals surface area contributed by atoms with Gasteiger partial charge in [0.1, 0.15) is 18.0 Å². The molecule has 4 rings (SSSR count). The third-order valence-electron chi connectivity index (χ3n) is 5.71. The fourth-order valence-electron chi connectivity index (χ4n) is 4.05. The van der Waals surface area contributed by atoms with Crippen LogP contribution in [0.15, 0.2) is 64.4 Å². The number of benzene rings is 2. The molecular weight excluding hydrogens is 462 g/mol. The van der Waals surface area contributed by atoms with Crippen molar-refractivity contribution in [2.45, 2.75) is 33.5 Å². The molecule has 0 radical (unpaired) electrons. The van der Waals surface area contributed by atoms with Crippen LogP contribution in [0.4, 0.5) is 5.69 Å². The van der Waals surface area contributed by atoms with Gasteiger partial charge in [-0.2, -0.15) is 0 Å². The number of amides is 1. The van der Waals surface area contributed by atoms with Crippen molar-refractivity contribution in [3.8, 4) is 11.5 Å². The minimum atomic E-state index is -0.608. The van der Waals surface area contributed by atoms with Crippen LogP contribution >= 0.6 is 0 Å². The van der Waals surface area contributed by atoms with Crippen molar-refractivity contribution in [3.63, 3.8) is 0 Å². The van der Waals surface area contributed by atoms with Crippen molar-refractivity contribution in [2.75, 3.05) is 19.5 Å². The van der Waals surface area contributed by atoms with E-state index in [0.717, 1.165) is 10.1 Å². The van der Waals surface area contributed by atoms with E-state index in [1.807, 2.05) is 44.2 Å². The maximum atomic E-state index is 13.5. The van der Waals surface area contributed by atoms with Crippen LogP contribution in [0.1, 0.15) is 19.4 Å². The fourth-order valence-corrected chi connectivity index (χ4v) is 4.05. The lowest BCUT2D eigenvalue weighted by Gasteiger charge is -2.14. The second-order valence-electron chi connectivity index (χ2n) is 8.82. The molecule has 0 aliphatic rings. The number of carbonyl (C=O) groups excluding carboxylic acids is 1. The molecule has 0 bridgehead atoms. The standard InChI is InChI=1S/C26H29N5O5/c1-17(2)13-29-16-27-24-23(29)25(33)31(26(34)30(24)14-18-8-6-5-7-9-18)15-22(32)28-20-11-10-19(35-3)12-21(20)36-4/h5-12,16-17H,13-15H2,1-4H3,(H,28,32). The van der Waals surface area contributed by atoms with E-state index < -0.39 is 23.7 Å². The van der Waals surface area contributed by atoms with Gasteiger partial charge in [0, 0.05) is 12.6 Å². The molecule has 2 aromatic carbocycles. The molecule has 10 heteroatoms. The van der Waals surface area contributed by atoms with Crippen LogP contribution in [0.3, 0.4) is 0 Å². The van der Waals surface area contributed by atoms with Crippen molar-refractivity contribution in [1.29, 1.82) is 0 Å². The average molecular weight is 492 g/mol. The molecule has 1 N–H and O–H groups in total. The zero-order valence-corrected chi connectivity index (χ0v) is 20.7. The Balaban J connectivity index is 1.76. The number of nitrogens with one attached hydrogen (secondary N) is 1. The van der Waals surface area contributed by atoms with Gasteiger partial charge >= 0.3 is 5.69 Å². The van der Waals surface area contributed by atoms with Gasteiger partial charge in [0.25, 0.3) is 5.56 Å². The van der Waals surface area contributed by atoms with Crippen molar-refractivity contribution >= 4 is 22.8 Å². The first-order chi connectivity index (χ1) is 17.3. The lowest BCUT2D eigenvalue weighted by Crippen LogP contribution is -2.43. The van der Waals surface area contributed by atoms with Gasteiger partial charge in [-0.05, 0) is 23.6 Å². The predicted molar refractivity (Wildman–Crippen MR) is 137 cm³/mol. The van der Waals surface area contributed by atoms with Gasteiger partial charge in [0.2, 0.25) is 5.91 Å². The summed E-state index contributed by atoms with van der Waals surface area (Å²) < 4.78 is 14.6. The van der Waals surface area contributed by atoms with Crippen LogP contribution in [0.2, 0.25) is 0 Å². The number of methoxy groups -OCH3 is 2. The molecule has 4 aromatic rings. The van der Waals surface area contributed by atoms with Crippen LogP contribution in [-0.4, -0.2) is 38.8 Å². The molecule has 0 atom stereocenters. The van der Waals surface area contributed by atoms with Gasteiger partial charge in [-0.25, -0.2) is 14.3 Å². The molecule has 0 fully saturated rings. The highest BCUT2D eigenvalue weighted by molar-refractivity contribution is 5.92. The summed E-state index contributed by atoms with van der Waals surface area (Å²) in [4.78, 5) is 44.4. The number of fused-ring (bicyclic) bond motifs is 1. The zero-order valence-electron chi connectivity index (χ0n) is 20.7. The second kappa shape index (κ2) is 10.5. The Bertz CT molecular complexity index is 1500. The molecule has 0 saturated heterocycles. The molecule has 10 nitrogen and oxygen atoms in total. The molecular formula is C26H29N5O5. The first-order valence-corrected chi connectivity index (χ1v) is 11.6. The van der Waals surface area contributed by atoms with E-state index in [2.05, 4.69) is 10.3 Å². The second-order valence-corrected chi connectivity index (χ2v) is 8.82. The summed E-state index contributed by atoms with van der Waals surface area (Å²) in [6, 6.07) is 14.4. The lowest BCUT2D eigenvalue weighted by atomic mass is 10.2. The highest BCUT2D eigenvalue weighted by Gasteiger charge is 2.21. The molecule has 188 valence electrons. The third-order valence-corrected chi connectivity index (χ3v) is 5.71. The number of imidazole rings is 1. The van der Waals surface area contributed by atoms with Crippen LogP contribution in [-0.2, 0) is 24.4 Å². The van der Waals surface area contributed by atoms with Crippen LogP contribution in [0.25, 0.3) is 11.2 Å². The molecule has 2 heterocycles. The summed E-state index contributed by atoms with van der Waals surface area (Å²) in [6.45, 7) is 4.35. The Morgan fingerprint density at radius 3 is 2.44 bits per heavy atom. The largest absolute Gasteiger partial charge is 0.497 e. The predicted octanol–water partition coefficient (Wildman–Crippen LogP) is 2.72. The summed E-state index contributed by atoms with van der Waals surface area (Å²) >= 11 is 0. The van der Waals surface area contributed by atoms with E-state index in [4.69, 9.17) is 9.47 Å². The number of rotatable bonds is 9. The highest BCUT2D eigenvalue weighted by atomic mass is 16.5. The molecule has 0 saturated carbocycles. The summed E-state index contributed by atoms with van der Waals surface area (Å²) in [7, 11) is 3.00. The Hall–Kier alpha value is -4.34. The Morgan fingerprint density at radius 1 is 1.03 bits per heavy atom. The van der Waals surface area contributed by atoms with Crippen molar-refractivity contribution in [2.24, 2.45) is 5.92 Å². The monoisotopic (exact) mass is 491 g/mol. The average Bonchev–Trinajstić information content (AvgIpc) is 3.28. The minimum absolute atomic E-state index is 0.211. The number of nitrogens with zero attached hydrogens (tertiary/aromatic N) is 4. The first-order valence-electron chi connectivity index (χ1n) is 11.6. The number of ether oxygens (including phenoxy) is 2. The summed E-state index contributed by atoms with van der Waals surface area (Å²) in [6.07, 6.45) is 1.57. The highest BCUT2D eigenvalue weighted by Crippen LogP contribution is 2.29. The zero-order chi connectivity index (χ0) is 25.8. The van der Waals surface area contributed by atoms with E-state index >= 15 is 0 Å². The molecule has 1 amide bonds. The number of anilines is 1. The molecule has 0 aliphatic carbocycles. The summed E-state index contributed by atoms with van der Waals surface area (Å²) in [5.41, 5.74) is 0.679. The SMILES string of the molecule is COc1ccc(NC(=O)Cn2c(=O)c3c(ncn3CC(C)C)n(Cc3ccccc3)c2=O)c(OC)c1.